The molecule has 3 heterocycles. The van der Waals surface area contributed by atoms with Gasteiger partial charge in [-0.15, -0.1) is 0 Å². The van der Waals surface area contributed by atoms with E-state index < -0.39 is 0 Å². The van der Waals surface area contributed by atoms with Crippen molar-refractivity contribution in [2.45, 2.75) is 20.8 Å². The van der Waals surface area contributed by atoms with E-state index in [1.165, 1.54) is 18.0 Å². The molecule has 1 amide bonds. The summed E-state index contributed by atoms with van der Waals surface area (Å²) in [6.07, 6.45) is 3.15. The standard InChI is InChI=1S/C24H19Cl2N7O/c1-13-4-6-17(8-14(13)2)32-22-19(11-29-32)23(28-12-27-22)33-21(9-15(3)31-33)30-24(34)18-7-5-16(25)10-20(18)26/h4-12H,1-3H3,(H,30,34). The molecule has 0 atom stereocenters. The number of anilines is 1. The molecule has 2 aromatic carbocycles. The maximum absolute atomic E-state index is 12.9. The Hall–Kier alpha value is -3.75. The predicted molar refractivity (Wildman–Crippen MR) is 132 cm³/mol. The van der Waals surface area contributed by atoms with Crippen molar-refractivity contribution in [3.8, 4) is 11.5 Å². The normalized spacial score (nSPS) is 11.2. The molecule has 5 aromatic rings. The van der Waals surface area contributed by atoms with Gasteiger partial charge in [0.25, 0.3) is 5.91 Å². The van der Waals surface area contributed by atoms with Crippen LogP contribution in [0.1, 0.15) is 27.2 Å². The van der Waals surface area contributed by atoms with Crippen molar-refractivity contribution in [2.24, 2.45) is 0 Å². The summed E-state index contributed by atoms with van der Waals surface area (Å²) in [5.74, 6) is 0.539. The Morgan fingerprint density at radius 3 is 2.53 bits per heavy atom. The highest BCUT2D eigenvalue weighted by Gasteiger charge is 2.19. The van der Waals surface area contributed by atoms with Crippen LogP contribution >= 0.6 is 23.2 Å². The molecule has 34 heavy (non-hydrogen) atoms. The summed E-state index contributed by atoms with van der Waals surface area (Å²) in [6, 6.07) is 12.6. The second kappa shape index (κ2) is 8.55. The first-order valence-electron chi connectivity index (χ1n) is 10.4. The maximum Gasteiger partial charge on any atom is 0.258 e. The fourth-order valence-corrected chi connectivity index (χ4v) is 4.15. The first-order chi connectivity index (χ1) is 16.3. The van der Waals surface area contributed by atoms with Crippen LogP contribution in [-0.2, 0) is 0 Å². The Labute approximate surface area is 205 Å². The molecule has 8 nitrogen and oxygen atoms in total. The smallest absolute Gasteiger partial charge is 0.258 e. The van der Waals surface area contributed by atoms with Crippen molar-refractivity contribution in [3.05, 3.63) is 87.4 Å². The lowest BCUT2D eigenvalue weighted by atomic mass is 10.1. The average Bonchev–Trinajstić information content (AvgIpc) is 3.38. The Bertz CT molecular complexity index is 1570. The van der Waals surface area contributed by atoms with Gasteiger partial charge in [-0.1, -0.05) is 29.3 Å². The van der Waals surface area contributed by atoms with E-state index in [0.29, 0.717) is 38.9 Å². The number of benzene rings is 2. The molecule has 170 valence electrons. The van der Waals surface area contributed by atoms with Crippen molar-refractivity contribution in [2.75, 3.05) is 5.32 Å². The minimum atomic E-state index is -0.390. The summed E-state index contributed by atoms with van der Waals surface area (Å²) in [5.41, 5.74) is 4.87. The number of hydrogen-bond acceptors (Lipinski definition) is 5. The van der Waals surface area contributed by atoms with E-state index in [4.69, 9.17) is 23.2 Å². The molecule has 0 aliphatic heterocycles. The van der Waals surface area contributed by atoms with Crippen LogP contribution in [0, 0.1) is 20.8 Å². The van der Waals surface area contributed by atoms with Gasteiger partial charge < -0.3 is 5.32 Å². The summed E-state index contributed by atoms with van der Waals surface area (Å²) >= 11 is 12.2. The van der Waals surface area contributed by atoms with Gasteiger partial charge >= 0.3 is 0 Å². The molecule has 0 bridgehead atoms. The van der Waals surface area contributed by atoms with Gasteiger partial charge in [0.15, 0.2) is 11.5 Å². The SMILES string of the molecule is Cc1cc(NC(=O)c2ccc(Cl)cc2Cl)n(-c2ncnc3c2cnn3-c2ccc(C)c(C)c2)n1. The monoisotopic (exact) mass is 491 g/mol. The molecular weight excluding hydrogens is 473 g/mol. The lowest BCUT2D eigenvalue weighted by Gasteiger charge is -2.10. The second-order valence-corrected chi connectivity index (χ2v) is 8.76. The Balaban J connectivity index is 1.57. The number of aryl methyl sites for hydroxylation is 3. The van der Waals surface area contributed by atoms with Crippen molar-refractivity contribution in [3.63, 3.8) is 0 Å². The number of aromatic nitrogens is 6. The van der Waals surface area contributed by atoms with Gasteiger partial charge in [-0.05, 0) is 62.2 Å². The first kappa shape index (κ1) is 22.1. The number of carbonyl (C=O) groups excluding carboxylic acids is 1. The summed E-state index contributed by atoms with van der Waals surface area (Å²) in [4.78, 5) is 21.8. The van der Waals surface area contributed by atoms with Gasteiger partial charge in [-0.3, -0.25) is 4.79 Å². The van der Waals surface area contributed by atoms with Gasteiger partial charge in [-0.2, -0.15) is 14.9 Å². The zero-order valence-electron chi connectivity index (χ0n) is 18.5. The third-order valence-corrected chi connectivity index (χ3v) is 6.08. The molecule has 0 spiro atoms. The van der Waals surface area contributed by atoms with E-state index in [2.05, 4.69) is 45.4 Å². The Morgan fingerprint density at radius 2 is 1.76 bits per heavy atom. The van der Waals surface area contributed by atoms with Crippen LogP contribution in [0.3, 0.4) is 0 Å². The van der Waals surface area contributed by atoms with Gasteiger partial charge in [0.2, 0.25) is 0 Å². The predicted octanol–water partition coefficient (Wildman–Crippen LogP) is 5.49. The van der Waals surface area contributed by atoms with Crippen molar-refractivity contribution in [1.82, 2.24) is 29.5 Å². The topological polar surface area (TPSA) is 90.5 Å². The maximum atomic E-state index is 12.9. The van der Waals surface area contributed by atoms with Gasteiger partial charge in [-0.25, -0.2) is 14.6 Å². The summed E-state index contributed by atoms with van der Waals surface area (Å²) in [7, 11) is 0. The number of fused-ring (bicyclic) bond motifs is 1. The van der Waals surface area contributed by atoms with Crippen molar-refractivity contribution < 1.29 is 4.79 Å². The van der Waals surface area contributed by atoms with Gasteiger partial charge in [0, 0.05) is 11.1 Å². The third-order valence-electron chi connectivity index (χ3n) is 5.53. The molecule has 0 fully saturated rings. The molecule has 1 N–H and O–H groups in total. The van der Waals surface area contributed by atoms with Crippen molar-refractivity contribution >= 4 is 46.0 Å². The number of amides is 1. The van der Waals surface area contributed by atoms with Gasteiger partial charge in [0.1, 0.15) is 12.1 Å². The number of nitrogens with zero attached hydrogens (tertiary/aromatic N) is 6. The van der Waals surface area contributed by atoms with Crippen LogP contribution in [0.5, 0.6) is 0 Å². The van der Waals surface area contributed by atoms with E-state index in [1.54, 1.807) is 33.8 Å². The summed E-state index contributed by atoms with van der Waals surface area (Å²) < 4.78 is 3.32. The molecular formula is C24H19Cl2N7O. The molecule has 0 saturated heterocycles. The molecule has 10 heteroatoms. The fourth-order valence-electron chi connectivity index (χ4n) is 3.65. The van der Waals surface area contributed by atoms with Crippen LogP contribution in [-0.4, -0.2) is 35.4 Å². The van der Waals surface area contributed by atoms with Crippen LogP contribution in [0.2, 0.25) is 10.0 Å². The Morgan fingerprint density at radius 1 is 0.941 bits per heavy atom. The highest BCUT2D eigenvalue weighted by atomic mass is 35.5. The van der Waals surface area contributed by atoms with Crippen LogP contribution in [0.4, 0.5) is 5.82 Å². The molecule has 0 aliphatic carbocycles. The highest BCUT2D eigenvalue weighted by Crippen LogP contribution is 2.26. The number of halogens is 2. The van der Waals surface area contributed by atoms with Crippen LogP contribution in [0.25, 0.3) is 22.5 Å². The number of hydrogen-bond donors (Lipinski definition) is 1. The zero-order chi connectivity index (χ0) is 24.0. The first-order valence-corrected chi connectivity index (χ1v) is 11.2. The van der Waals surface area contributed by atoms with E-state index in [1.807, 2.05) is 19.1 Å². The van der Waals surface area contributed by atoms with E-state index in [-0.39, 0.29) is 10.9 Å². The molecule has 0 saturated carbocycles. The second-order valence-electron chi connectivity index (χ2n) is 7.92. The van der Waals surface area contributed by atoms with Crippen molar-refractivity contribution in [1.29, 1.82) is 0 Å². The number of nitrogens with one attached hydrogen (secondary N) is 1. The number of rotatable bonds is 4. The van der Waals surface area contributed by atoms with E-state index in [0.717, 1.165) is 11.3 Å². The van der Waals surface area contributed by atoms with Gasteiger partial charge in [0.05, 0.1) is 33.6 Å². The quantitative estimate of drug-likeness (QED) is 0.359. The minimum Gasteiger partial charge on any atom is -0.306 e. The van der Waals surface area contributed by atoms with Crippen LogP contribution < -0.4 is 5.32 Å². The average molecular weight is 492 g/mol. The molecule has 0 aliphatic rings. The number of carbonyl (C=O) groups is 1. The van der Waals surface area contributed by atoms with E-state index in [9.17, 15) is 4.79 Å². The zero-order valence-corrected chi connectivity index (χ0v) is 20.1. The lowest BCUT2D eigenvalue weighted by molar-refractivity contribution is 0.102. The van der Waals surface area contributed by atoms with E-state index >= 15 is 0 Å². The lowest BCUT2D eigenvalue weighted by Crippen LogP contribution is -2.16. The molecule has 3 aromatic heterocycles. The largest absolute Gasteiger partial charge is 0.306 e. The molecule has 5 rings (SSSR count). The fraction of sp³-hybridized carbons (Fsp3) is 0.125. The summed E-state index contributed by atoms with van der Waals surface area (Å²) in [6.45, 7) is 5.95. The summed E-state index contributed by atoms with van der Waals surface area (Å²) in [5, 5.41) is 13.3. The minimum absolute atomic E-state index is 0.256. The highest BCUT2D eigenvalue weighted by molar-refractivity contribution is 6.37. The van der Waals surface area contributed by atoms with Crippen LogP contribution in [0.15, 0.2) is 55.0 Å². The molecule has 0 radical (unpaired) electrons. The third kappa shape index (κ3) is 3.91. The Kier molecular flexibility index (Phi) is 5.55. The molecule has 0 unspecified atom stereocenters.